The smallest absolute Gasteiger partial charge is 0.139 e. The number of rotatable bonds is 3. The van der Waals surface area contributed by atoms with E-state index in [1.54, 1.807) is 13.2 Å². The number of allylic oxidation sites excluding steroid dienone is 2. The predicted octanol–water partition coefficient (Wildman–Crippen LogP) is 0.931. The van der Waals surface area contributed by atoms with E-state index in [1.165, 1.54) is 6.20 Å². The van der Waals surface area contributed by atoms with Crippen molar-refractivity contribution in [1.82, 2.24) is 0 Å². The van der Waals surface area contributed by atoms with Gasteiger partial charge >= 0.3 is 0 Å². The summed E-state index contributed by atoms with van der Waals surface area (Å²) in [5, 5.41) is 0. The van der Waals surface area contributed by atoms with Crippen LogP contribution in [0.2, 0.25) is 0 Å². The molecule has 0 aliphatic rings. The fraction of sp³-hybridized carbons (Fsp3) is 0.500. The molecule has 0 saturated heterocycles. The fourth-order valence-corrected chi connectivity index (χ4v) is 0.654. The Morgan fingerprint density at radius 2 is 2.00 bits per heavy atom. The molecular weight excluding hydrogens is 140 g/mol. The van der Waals surface area contributed by atoms with Crippen molar-refractivity contribution in [2.45, 2.75) is 13.8 Å². The summed E-state index contributed by atoms with van der Waals surface area (Å²) in [5.41, 5.74) is 11.6. The highest BCUT2D eigenvalue weighted by Crippen LogP contribution is 2.10. The van der Waals surface area contributed by atoms with E-state index in [-0.39, 0.29) is 5.92 Å². The van der Waals surface area contributed by atoms with Gasteiger partial charge in [-0.25, -0.2) is 0 Å². The third-order valence-electron chi connectivity index (χ3n) is 1.37. The summed E-state index contributed by atoms with van der Waals surface area (Å²) in [5.74, 6) is 0.920. The van der Waals surface area contributed by atoms with Crippen molar-refractivity contribution >= 4 is 0 Å². The van der Waals surface area contributed by atoms with Crippen molar-refractivity contribution in [3.05, 3.63) is 23.7 Å². The molecule has 0 aliphatic carbocycles. The molecule has 4 N–H and O–H groups in total. The van der Waals surface area contributed by atoms with Gasteiger partial charge in [-0.3, -0.25) is 0 Å². The van der Waals surface area contributed by atoms with E-state index in [1.807, 2.05) is 13.8 Å². The topological polar surface area (TPSA) is 61.3 Å². The molecule has 0 aliphatic heterocycles. The van der Waals surface area contributed by atoms with Crippen LogP contribution in [0.5, 0.6) is 0 Å². The normalized spacial score (nSPS) is 13.8. The lowest BCUT2D eigenvalue weighted by atomic mass is 10.1. The molecule has 3 heteroatoms. The van der Waals surface area contributed by atoms with Gasteiger partial charge in [0.05, 0.1) is 12.8 Å². The molecule has 0 bridgehead atoms. The van der Waals surface area contributed by atoms with Gasteiger partial charge in [0.15, 0.2) is 0 Å². The third kappa shape index (κ3) is 2.98. The fourth-order valence-electron chi connectivity index (χ4n) is 0.654. The van der Waals surface area contributed by atoms with Crippen LogP contribution in [0.1, 0.15) is 13.8 Å². The first-order chi connectivity index (χ1) is 5.13. The van der Waals surface area contributed by atoms with Crippen LogP contribution in [0.25, 0.3) is 0 Å². The number of ether oxygens (including phenoxy) is 1. The van der Waals surface area contributed by atoms with Gasteiger partial charge < -0.3 is 16.2 Å². The summed E-state index contributed by atoms with van der Waals surface area (Å²) in [4.78, 5) is 0. The van der Waals surface area contributed by atoms with Crippen molar-refractivity contribution in [2.24, 2.45) is 17.4 Å². The van der Waals surface area contributed by atoms with Crippen molar-refractivity contribution in [1.29, 1.82) is 0 Å². The Labute approximate surface area is 67.7 Å². The third-order valence-corrected chi connectivity index (χ3v) is 1.37. The largest absolute Gasteiger partial charge is 0.495 e. The van der Waals surface area contributed by atoms with Gasteiger partial charge in [0, 0.05) is 0 Å². The lowest BCUT2D eigenvalue weighted by Gasteiger charge is -2.09. The first-order valence-corrected chi connectivity index (χ1v) is 3.55. The Morgan fingerprint density at radius 3 is 2.27 bits per heavy atom. The van der Waals surface area contributed by atoms with Gasteiger partial charge in [-0.2, -0.15) is 0 Å². The molecule has 0 amide bonds. The van der Waals surface area contributed by atoms with E-state index < -0.39 is 0 Å². The highest BCUT2D eigenvalue weighted by Gasteiger charge is 2.03. The molecule has 0 aromatic rings. The SMILES string of the molecule is COC(/C=C\N)=C(/N)C(C)C. The van der Waals surface area contributed by atoms with Crippen LogP contribution in [-0.2, 0) is 4.74 Å². The van der Waals surface area contributed by atoms with Gasteiger partial charge in [-0.05, 0) is 18.2 Å². The molecule has 3 nitrogen and oxygen atoms in total. The Balaban J connectivity index is 4.53. The highest BCUT2D eigenvalue weighted by atomic mass is 16.5. The summed E-state index contributed by atoms with van der Waals surface area (Å²) in [6.45, 7) is 4.00. The minimum Gasteiger partial charge on any atom is -0.495 e. The standard InChI is InChI=1S/C8H16N2O/c1-6(2)8(10)7(11-3)4-5-9/h4-6H,9-10H2,1-3H3/b5-4-,8-7+. The quantitative estimate of drug-likeness (QED) is 0.472. The molecule has 0 radical (unpaired) electrons. The van der Waals surface area contributed by atoms with Crippen LogP contribution in [0, 0.1) is 5.92 Å². The highest BCUT2D eigenvalue weighted by molar-refractivity contribution is 5.18. The molecule has 0 saturated carbocycles. The second-order valence-electron chi connectivity index (χ2n) is 2.54. The van der Waals surface area contributed by atoms with Crippen LogP contribution in [-0.4, -0.2) is 7.11 Å². The predicted molar refractivity (Wildman–Crippen MR) is 46.4 cm³/mol. The lowest BCUT2D eigenvalue weighted by Crippen LogP contribution is -2.09. The summed E-state index contributed by atoms with van der Waals surface area (Å²) >= 11 is 0. The van der Waals surface area contributed by atoms with Gasteiger partial charge in [-0.15, -0.1) is 0 Å². The van der Waals surface area contributed by atoms with Gasteiger partial charge in [-0.1, -0.05) is 13.8 Å². The minimum absolute atomic E-state index is 0.279. The lowest BCUT2D eigenvalue weighted by molar-refractivity contribution is 0.297. The first kappa shape index (κ1) is 9.88. The van der Waals surface area contributed by atoms with Crippen molar-refractivity contribution in [2.75, 3.05) is 7.11 Å². The molecule has 0 aromatic heterocycles. The zero-order chi connectivity index (χ0) is 8.85. The summed E-state index contributed by atoms with van der Waals surface area (Å²) in [6, 6.07) is 0. The van der Waals surface area contributed by atoms with E-state index in [4.69, 9.17) is 16.2 Å². The maximum absolute atomic E-state index is 5.71. The first-order valence-electron chi connectivity index (χ1n) is 3.55. The average molecular weight is 156 g/mol. The van der Waals surface area contributed by atoms with Crippen LogP contribution in [0.3, 0.4) is 0 Å². The second kappa shape index (κ2) is 4.66. The molecule has 64 valence electrons. The van der Waals surface area contributed by atoms with Gasteiger partial charge in [0.2, 0.25) is 0 Å². The molecule has 0 rings (SSSR count). The minimum atomic E-state index is 0.279. The Hall–Kier alpha value is -1.12. The van der Waals surface area contributed by atoms with E-state index in [2.05, 4.69) is 0 Å². The van der Waals surface area contributed by atoms with E-state index in [0.29, 0.717) is 11.5 Å². The van der Waals surface area contributed by atoms with E-state index in [9.17, 15) is 0 Å². The summed E-state index contributed by atoms with van der Waals surface area (Å²) in [7, 11) is 1.57. The zero-order valence-corrected chi connectivity index (χ0v) is 7.29. The number of hydrogen-bond donors (Lipinski definition) is 2. The molecular formula is C8H16N2O. The molecule has 0 aromatic carbocycles. The average Bonchev–Trinajstić information content (AvgIpc) is 1.98. The van der Waals surface area contributed by atoms with Crippen LogP contribution in [0.15, 0.2) is 23.7 Å². The number of hydrogen-bond acceptors (Lipinski definition) is 3. The summed E-state index contributed by atoms with van der Waals surface area (Å²) < 4.78 is 5.00. The maximum atomic E-state index is 5.71. The van der Waals surface area contributed by atoms with Crippen molar-refractivity contribution in [3.8, 4) is 0 Å². The van der Waals surface area contributed by atoms with Gasteiger partial charge in [0.25, 0.3) is 0 Å². The molecule has 0 fully saturated rings. The van der Waals surface area contributed by atoms with Gasteiger partial charge in [0.1, 0.15) is 5.76 Å². The van der Waals surface area contributed by atoms with Crippen LogP contribution >= 0.6 is 0 Å². The van der Waals surface area contributed by atoms with E-state index >= 15 is 0 Å². The number of methoxy groups -OCH3 is 1. The van der Waals surface area contributed by atoms with Crippen LogP contribution < -0.4 is 11.5 Å². The molecule has 0 heterocycles. The summed E-state index contributed by atoms with van der Waals surface area (Å²) in [6.07, 6.45) is 3.06. The monoisotopic (exact) mass is 156 g/mol. The Morgan fingerprint density at radius 1 is 1.45 bits per heavy atom. The Bertz CT molecular complexity index is 171. The zero-order valence-electron chi connectivity index (χ0n) is 7.29. The molecule has 0 spiro atoms. The molecule has 0 unspecified atom stereocenters. The van der Waals surface area contributed by atoms with Crippen molar-refractivity contribution in [3.63, 3.8) is 0 Å². The molecule has 0 atom stereocenters. The van der Waals surface area contributed by atoms with E-state index in [0.717, 1.165) is 0 Å². The van der Waals surface area contributed by atoms with Crippen LogP contribution in [0.4, 0.5) is 0 Å². The van der Waals surface area contributed by atoms with Crippen molar-refractivity contribution < 1.29 is 4.74 Å². The second-order valence-corrected chi connectivity index (χ2v) is 2.54. The Kier molecular flexibility index (Phi) is 4.18. The number of nitrogens with two attached hydrogens (primary N) is 2. The maximum Gasteiger partial charge on any atom is 0.139 e. The molecule has 11 heavy (non-hydrogen) atoms.